The van der Waals surface area contributed by atoms with Gasteiger partial charge in [-0.05, 0) is 137 Å². The first kappa shape index (κ1) is 64.0. The van der Waals surface area contributed by atoms with Gasteiger partial charge < -0.3 is 48.9 Å². The molecule has 0 unspecified atom stereocenters. The van der Waals surface area contributed by atoms with Crippen LogP contribution in [0, 0.1) is 5.82 Å². The highest BCUT2D eigenvalue weighted by Crippen LogP contribution is 2.48. The van der Waals surface area contributed by atoms with Crippen LogP contribution in [0.25, 0.3) is 0 Å². The van der Waals surface area contributed by atoms with E-state index in [4.69, 9.17) is 25.8 Å². The van der Waals surface area contributed by atoms with Crippen molar-refractivity contribution in [3.8, 4) is 5.75 Å². The average molecular weight is 1200 g/mol. The summed E-state index contributed by atoms with van der Waals surface area (Å²) >= 11 is 6.69. The first-order valence-corrected chi connectivity index (χ1v) is 29.4. The number of likely N-dealkylation sites (N-methyl/N-ethyl adjacent to an activating group) is 2. The SMILES string of the molecule is COc1cc(NCCCCCC(=O)N(C)CCN2CCCCC2)c(Cl)cc1C(=O)N(C)CCCN(C)C(=O)CO[C@H]1Cc2ccccc2C12CCN(CC[C@@]1(c3ccc(F)cc3)CN(C(=O)c3cc(C(F)(F)F)cc(C(F)(F)F)c3)CO1)CC2. The van der Waals surface area contributed by atoms with Crippen molar-refractivity contribution in [1.82, 2.24) is 29.4 Å². The molecule has 22 heteroatoms. The molecule has 4 amide bonds. The fraction of sp³-hybridized carbons (Fsp3) is 0.548. The molecule has 0 radical (unpaired) electrons. The molecule has 4 aromatic carbocycles. The van der Waals surface area contributed by atoms with Crippen molar-refractivity contribution in [2.45, 2.75) is 107 Å². The van der Waals surface area contributed by atoms with Crippen LogP contribution in [-0.4, -0.2) is 173 Å². The van der Waals surface area contributed by atoms with Crippen LogP contribution in [0.15, 0.2) is 78.9 Å². The van der Waals surface area contributed by atoms with Crippen molar-refractivity contribution >= 4 is 40.9 Å². The maximum absolute atomic E-state index is 14.2. The molecule has 3 heterocycles. The fourth-order valence-electron chi connectivity index (χ4n) is 12.2. The number of carbonyl (C=O) groups excluding carboxylic acids is 4. The molecule has 0 aromatic heterocycles. The zero-order valence-corrected chi connectivity index (χ0v) is 49.1. The number of carbonyl (C=O) groups is 4. The number of hydrogen-bond acceptors (Lipinski definition) is 10. The molecule has 0 bridgehead atoms. The molecule has 1 aliphatic carbocycles. The lowest BCUT2D eigenvalue weighted by atomic mass is 9.72. The Balaban J connectivity index is 0.798. The number of piperidine rings is 2. The lowest BCUT2D eigenvalue weighted by Gasteiger charge is -2.44. The molecule has 4 aliphatic rings. The molecule has 84 heavy (non-hydrogen) atoms. The monoisotopic (exact) mass is 1200 g/mol. The summed E-state index contributed by atoms with van der Waals surface area (Å²) in [6.45, 7) is 6.04. The zero-order valence-electron chi connectivity index (χ0n) is 48.3. The second-order valence-electron chi connectivity index (χ2n) is 22.9. The summed E-state index contributed by atoms with van der Waals surface area (Å²) < 4.78 is 115. The molecule has 3 fully saturated rings. The third-order valence-corrected chi connectivity index (χ3v) is 17.6. The van der Waals surface area contributed by atoms with E-state index in [1.54, 1.807) is 36.0 Å². The predicted molar refractivity (Wildman–Crippen MR) is 305 cm³/mol. The number of ether oxygens (including phenoxy) is 3. The number of rotatable bonds is 24. The van der Waals surface area contributed by atoms with E-state index in [0.29, 0.717) is 111 Å². The first-order chi connectivity index (χ1) is 40.0. The van der Waals surface area contributed by atoms with Gasteiger partial charge in [0.2, 0.25) is 11.8 Å². The second-order valence-corrected chi connectivity index (χ2v) is 23.3. The van der Waals surface area contributed by atoms with E-state index in [1.165, 1.54) is 50.6 Å². The summed E-state index contributed by atoms with van der Waals surface area (Å²) in [5.41, 5.74) is -1.96. The van der Waals surface area contributed by atoms with Gasteiger partial charge in [0.25, 0.3) is 11.8 Å². The molecule has 0 saturated carbocycles. The Morgan fingerprint density at radius 2 is 1.40 bits per heavy atom. The predicted octanol–water partition coefficient (Wildman–Crippen LogP) is 10.8. The van der Waals surface area contributed by atoms with Crippen LogP contribution >= 0.6 is 11.6 Å². The summed E-state index contributed by atoms with van der Waals surface area (Å²) in [6, 6.07) is 17.7. The first-order valence-electron chi connectivity index (χ1n) is 29.0. The number of nitrogens with zero attached hydrogens (tertiary/aromatic N) is 6. The van der Waals surface area contributed by atoms with E-state index >= 15 is 0 Å². The smallest absolute Gasteiger partial charge is 0.416 e. The Morgan fingerprint density at radius 1 is 0.750 bits per heavy atom. The van der Waals surface area contributed by atoms with Gasteiger partial charge in [-0.2, -0.15) is 26.3 Å². The van der Waals surface area contributed by atoms with Gasteiger partial charge in [-0.25, -0.2) is 4.39 Å². The molecular formula is C62H77ClF7N7O7. The summed E-state index contributed by atoms with van der Waals surface area (Å²) in [4.78, 5) is 64.5. The van der Waals surface area contributed by atoms with Crippen molar-refractivity contribution < 1.29 is 64.1 Å². The van der Waals surface area contributed by atoms with Crippen molar-refractivity contribution in [2.75, 3.05) is 119 Å². The van der Waals surface area contributed by atoms with E-state index < -0.39 is 58.5 Å². The number of halogens is 8. The van der Waals surface area contributed by atoms with Crippen LogP contribution in [0.5, 0.6) is 5.75 Å². The number of methoxy groups -OCH3 is 1. The van der Waals surface area contributed by atoms with Gasteiger partial charge in [0, 0.05) is 83.9 Å². The Kier molecular flexibility index (Phi) is 21.3. The van der Waals surface area contributed by atoms with E-state index in [0.717, 1.165) is 61.5 Å². The van der Waals surface area contributed by atoms with Gasteiger partial charge in [-0.1, -0.05) is 60.8 Å². The van der Waals surface area contributed by atoms with Gasteiger partial charge in [-0.3, -0.25) is 19.2 Å². The Bertz CT molecular complexity index is 2890. The Hall–Kier alpha value is -6.00. The highest BCUT2D eigenvalue weighted by Gasteiger charge is 2.50. The number of likely N-dealkylation sites (tertiary alicyclic amines) is 2. The van der Waals surface area contributed by atoms with Crippen molar-refractivity contribution in [3.05, 3.63) is 129 Å². The largest absolute Gasteiger partial charge is 0.496 e. The zero-order chi connectivity index (χ0) is 60.4. The fourth-order valence-corrected chi connectivity index (χ4v) is 12.4. The summed E-state index contributed by atoms with van der Waals surface area (Å²) in [5.74, 6) is -1.57. The highest BCUT2D eigenvalue weighted by atomic mass is 35.5. The number of anilines is 1. The third-order valence-electron chi connectivity index (χ3n) is 17.3. The summed E-state index contributed by atoms with van der Waals surface area (Å²) in [6.07, 6.45) is -1.18. The molecule has 8 rings (SSSR count). The maximum atomic E-state index is 14.2. The van der Waals surface area contributed by atoms with E-state index in [9.17, 15) is 49.9 Å². The van der Waals surface area contributed by atoms with Crippen LogP contribution in [-0.2, 0) is 48.9 Å². The van der Waals surface area contributed by atoms with E-state index in [1.807, 2.05) is 24.1 Å². The van der Waals surface area contributed by atoms with Crippen molar-refractivity contribution in [2.24, 2.45) is 0 Å². The van der Waals surface area contributed by atoms with Gasteiger partial charge in [-0.15, -0.1) is 0 Å². The number of hydrogen-bond donors (Lipinski definition) is 1. The number of fused-ring (bicyclic) bond motifs is 2. The summed E-state index contributed by atoms with van der Waals surface area (Å²) in [7, 11) is 6.76. The Labute approximate surface area is 492 Å². The quantitative estimate of drug-likeness (QED) is 0.0535. The Morgan fingerprint density at radius 3 is 2.08 bits per heavy atom. The molecular weight excluding hydrogens is 1120 g/mol. The van der Waals surface area contributed by atoms with Gasteiger partial charge >= 0.3 is 12.4 Å². The lowest BCUT2D eigenvalue weighted by molar-refractivity contribution is -0.143. The average Bonchev–Trinajstić information content (AvgIpc) is 2.57. The van der Waals surface area contributed by atoms with E-state index in [-0.39, 0.29) is 49.5 Å². The van der Waals surface area contributed by atoms with Crippen LogP contribution in [0.1, 0.15) is 119 Å². The van der Waals surface area contributed by atoms with Crippen molar-refractivity contribution in [3.63, 3.8) is 0 Å². The molecule has 2 atom stereocenters. The standard InChI is InChI=1S/C62H77ClF7N7O7/c1-72(25-13-26-74(3)58(81)49-38-51(63)52(39-53(49)82-4)71-24-10-5-7-16-55(78)73(2)32-33-75-27-11-6-12-28-75)56(79)40-83-54-36-43-14-8-9-15-50(43)59(54)21-29-76(30-22-59)31-23-60(45-17-19-48(64)20-18-45)41-77(42-84-60)57(80)44-34-46(61(65,66)67)37-47(35-44)62(68,69)70/h8-9,14-15,17-20,34-35,37-39,54,71H,5-7,10-13,16,21-33,36,40-42H2,1-4H3/t54-,60-/m0/s1. The molecule has 3 aliphatic heterocycles. The number of unbranched alkanes of at least 4 members (excludes halogenated alkanes) is 2. The second kappa shape index (κ2) is 28.0. The lowest BCUT2D eigenvalue weighted by Crippen LogP contribution is -2.50. The minimum Gasteiger partial charge on any atom is -0.496 e. The summed E-state index contributed by atoms with van der Waals surface area (Å²) in [5, 5.41) is 3.72. The number of alkyl halides is 6. The van der Waals surface area contributed by atoms with Gasteiger partial charge in [0.1, 0.15) is 30.5 Å². The topological polar surface area (TPSA) is 127 Å². The van der Waals surface area contributed by atoms with Crippen LogP contribution in [0.3, 0.4) is 0 Å². The van der Waals surface area contributed by atoms with E-state index in [2.05, 4.69) is 27.2 Å². The number of nitrogens with one attached hydrogen (secondary N) is 1. The third kappa shape index (κ3) is 15.7. The minimum atomic E-state index is -5.15. The van der Waals surface area contributed by atoms with Gasteiger partial charge in [0.05, 0.1) is 47.2 Å². The van der Waals surface area contributed by atoms with Crippen molar-refractivity contribution in [1.29, 1.82) is 0 Å². The molecule has 458 valence electrons. The maximum Gasteiger partial charge on any atom is 0.416 e. The van der Waals surface area contributed by atoms with Gasteiger partial charge in [0.15, 0.2) is 0 Å². The molecule has 1 N–H and O–H groups in total. The molecule has 1 spiro atoms. The minimum absolute atomic E-state index is 0.0295. The molecule has 3 saturated heterocycles. The van der Waals surface area contributed by atoms with Crippen LogP contribution in [0.2, 0.25) is 5.02 Å². The molecule has 4 aromatic rings. The highest BCUT2D eigenvalue weighted by molar-refractivity contribution is 6.33. The molecule has 14 nitrogen and oxygen atoms in total. The van der Waals surface area contributed by atoms with Crippen LogP contribution < -0.4 is 10.1 Å². The number of benzene rings is 4. The van der Waals surface area contributed by atoms with Crippen LogP contribution in [0.4, 0.5) is 36.4 Å². The number of amides is 4. The normalized spacial score (nSPS) is 19.1.